The minimum Gasteiger partial charge on any atom is -0.497 e. The molecule has 5 nitrogen and oxygen atoms in total. The number of imidazole rings is 1. The Morgan fingerprint density at radius 2 is 2.04 bits per heavy atom. The van der Waals surface area contributed by atoms with Crippen molar-refractivity contribution in [2.45, 2.75) is 43.8 Å². The zero-order valence-corrected chi connectivity index (χ0v) is 16.2. The number of methoxy groups -OCH3 is 1. The molecule has 3 atom stereocenters. The maximum Gasteiger partial charge on any atom is 0.119 e. The number of aromatic nitrogens is 2. The van der Waals surface area contributed by atoms with Gasteiger partial charge in [-0.15, -0.1) is 0 Å². The van der Waals surface area contributed by atoms with Gasteiger partial charge in [0, 0.05) is 50.0 Å². The Balaban J connectivity index is 1.36. The number of hydrogen-bond acceptors (Lipinski definition) is 4. The summed E-state index contributed by atoms with van der Waals surface area (Å²) in [6.07, 6.45) is 9.82. The third-order valence-electron chi connectivity index (χ3n) is 7.04. The van der Waals surface area contributed by atoms with E-state index in [4.69, 9.17) is 4.74 Å². The number of aryl methyl sites for hydroxylation is 1. The zero-order chi connectivity index (χ0) is 18.2. The van der Waals surface area contributed by atoms with Crippen molar-refractivity contribution in [3.05, 3.63) is 48.5 Å². The van der Waals surface area contributed by atoms with Crippen molar-refractivity contribution in [3.63, 3.8) is 0 Å². The molecule has 4 aliphatic heterocycles. The number of rotatable bonds is 6. The molecular weight excluding hydrogens is 336 g/mol. The van der Waals surface area contributed by atoms with Gasteiger partial charge in [0.1, 0.15) is 5.75 Å². The Labute approximate surface area is 161 Å². The van der Waals surface area contributed by atoms with Crippen molar-refractivity contribution < 1.29 is 4.74 Å². The maximum atomic E-state index is 5.51. The van der Waals surface area contributed by atoms with Crippen LogP contribution in [0.2, 0.25) is 0 Å². The lowest BCUT2D eigenvalue weighted by Crippen LogP contribution is -2.60. The average Bonchev–Trinajstić information content (AvgIpc) is 3.38. The Morgan fingerprint density at radius 3 is 2.81 bits per heavy atom. The molecule has 4 aliphatic rings. The Morgan fingerprint density at radius 1 is 1.15 bits per heavy atom. The highest BCUT2D eigenvalue weighted by molar-refractivity contribution is 5.34. The third-order valence-corrected chi connectivity index (χ3v) is 7.04. The summed E-state index contributed by atoms with van der Waals surface area (Å²) in [5, 5.41) is 0. The molecule has 0 unspecified atom stereocenters. The van der Waals surface area contributed by atoms with Gasteiger partial charge in [0.15, 0.2) is 0 Å². The maximum absolute atomic E-state index is 5.51. The minimum atomic E-state index is 0.599. The van der Waals surface area contributed by atoms with Crippen molar-refractivity contribution in [1.82, 2.24) is 19.4 Å². The van der Waals surface area contributed by atoms with Crippen LogP contribution in [0.15, 0.2) is 43.0 Å². The molecule has 0 N–H and O–H groups in total. The van der Waals surface area contributed by atoms with E-state index in [1.54, 1.807) is 7.11 Å². The summed E-state index contributed by atoms with van der Waals surface area (Å²) in [7, 11) is 1.77. The first kappa shape index (κ1) is 17.3. The smallest absolute Gasteiger partial charge is 0.119 e. The third kappa shape index (κ3) is 3.17. The van der Waals surface area contributed by atoms with Crippen LogP contribution >= 0.6 is 0 Å². The topological polar surface area (TPSA) is 33.5 Å². The molecule has 0 amide bonds. The van der Waals surface area contributed by atoms with Crippen LogP contribution in [0.25, 0.3) is 0 Å². The van der Waals surface area contributed by atoms with Crippen molar-refractivity contribution in [2.75, 3.05) is 33.3 Å². The molecule has 2 bridgehead atoms. The van der Waals surface area contributed by atoms with Gasteiger partial charge in [-0.3, -0.25) is 9.80 Å². The van der Waals surface area contributed by atoms with E-state index in [-0.39, 0.29) is 0 Å². The highest BCUT2D eigenvalue weighted by atomic mass is 16.5. The zero-order valence-electron chi connectivity index (χ0n) is 16.2. The van der Waals surface area contributed by atoms with Gasteiger partial charge in [0.05, 0.1) is 13.4 Å². The molecule has 5 heterocycles. The fraction of sp³-hybridized carbons (Fsp3) is 0.591. The normalized spacial score (nSPS) is 32.6. The van der Waals surface area contributed by atoms with Gasteiger partial charge in [0.2, 0.25) is 0 Å². The summed E-state index contributed by atoms with van der Waals surface area (Å²) in [5.41, 5.74) is 1.45. The Kier molecular flexibility index (Phi) is 4.66. The van der Waals surface area contributed by atoms with Crippen LogP contribution in [0.1, 0.15) is 30.7 Å². The van der Waals surface area contributed by atoms with Gasteiger partial charge in [-0.1, -0.05) is 12.1 Å². The molecule has 27 heavy (non-hydrogen) atoms. The van der Waals surface area contributed by atoms with Crippen molar-refractivity contribution in [2.24, 2.45) is 5.92 Å². The highest BCUT2D eigenvalue weighted by Gasteiger charge is 2.52. The lowest BCUT2D eigenvalue weighted by Gasteiger charge is -2.51. The first-order valence-corrected chi connectivity index (χ1v) is 10.4. The van der Waals surface area contributed by atoms with Crippen molar-refractivity contribution >= 4 is 0 Å². The molecule has 0 radical (unpaired) electrons. The Hall–Kier alpha value is -1.85. The molecular formula is C22H30N4O. The number of nitrogens with zero attached hydrogens (tertiary/aromatic N) is 4. The van der Waals surface area contributed by atoms with E-state index in [1.165, 1.54) is 51.0 Å². The Bertz CT molecular complexity index is 753. The first-order chi connectivity index (χ1) is 13.3. The molecule has 0 saturated carbocycles. The second kappa shape index (κ2) is 7.28. The summed E-state index contributed by atoms with van der Waals surface area (Å²) in [6, 6.07) is 10.2. The monoisotopic (exact) mass is 366 g/mol. The summed E-state index contributed by atoms with van der Waals surface area (Å²) in [6.45, 7) is 6.00. The predicted octanol–water partition coefficient (Wildman–Crippen LogP) is 2.84. The molecule has 4 fully saturated rings. The number of fused-ring (bicyclic) bond motifs is 2. The number of hydrogen-bond donors (Lipinski definition) is 0. The summed E-state index contributed by atoms with van der Waals surface area (Å²) in [5.74, 6) is 2.46. The van der Waals surface area contributed by atoms with E-state index in [0.29, 0.717) is 12.0 Å². The average molecular weight is 367 g/mol. The van der Waals surface area contributed by atoms with E-state index in [0.717, 1.165) is 24.3 Å². The highest BCUT2D eigenvalue weighted by Crippen LogP contribution is 2.46. The SMILES string of the molecule is COc1cccc([C@H]2CN(CCCn3ccnc3)[C@@H]3C4CCN(CC4)[C@H]23)c1. The number of ether oxygens (including phenoxy) is 1. The first-order valence-electron chi connectivity index (χ1n) is 10.4. The molecule has 1 aromatic heterocycles. The van der Waals surface area contributed by atoms with Crippen molar-refractivity contribution in [1.29, 1.82) is 0 Å². The number of benzene rings is 1. The molecule has 4 saturated heterocycles. The van der Waals surface area contributed by atoms with Crippen LogP contribution in [0.5, 0.6) is 5.75 Å². The van der Waals surface area contributed by atoms with E-state index in [1.807, 2.05) is 12.5 Å². The summed E-state index contributed by atoms with van der Waals surface area (Å²) in [4.78, 5) is 9.76. The summed E-state index contributed by atoms with van der Waals surface area (Å²) >= 11 is 0. The van der Waals surface area contributed by atoms with Gasteiger partial charge in [0.25, 0.3) is 0 Å². The van der Waals surface area contributed by atoms with Gasteiger partial charge >= 0.3 is 0 Å². The predicted molar refractivity (Wildman–Crippen MR) is 106 cm³/mol. The molecule has 144 valence electrons. The molecule has 5 heteroatoms. The van der Waals surface area contributed by atoms with E-state index in [2.05, 4.69) is 49.8 Å². The molecule has 1 aromatic carbocycles. The second-order valence-electron chi connectivity index (χ2n) is 8.39. The van der Waals surface area contributed by atoms with Crippen LogP contribution in [0.3, 0.4) is 0 Å². The van der Waals surface area contributed by atoms with E-state index < -0.39 is 0 Å². The second-order valence-corrected chi connectivity index (χ2v) is 8.39. The fourth-order valence-corrected chi connectivity index (χ4v) is 5.83. The molecule has 6 rings (SSSR count). The lowest BCUT2D eigenvalue weighted by molar-refractivity contribution is -0.00693. The lowest BCUT2D eigenvalue weighted by atomic mass is 9.75. The van der Waals surface area contributed by atoms with E-state index >= 15 is 0 Å². The van der Waals surface area contributed by atoms with Gasteiger partial charge in [-0.2, -0.15) is 0 Å². The standard InChI is InChI=1S/C22H30N4O/c1-27-19-5-2-4-18(14-19)20-15-26(10-3-9-24-13-8-23-16-24)21-17-6-11-25(12-7-17)22(20)21/h2,4-5,8,13-14,16-17,20-22H,3,6-7,9-12,15H2,1H3/t20-,21-,22-/m1/s1. The van der Waals surface area contributed by atoms with Crippen LogP contribution < -0.4 is 4.74 Å². The molecule has 2 aromatic rings. The van der Waals surface area contributed by atoms with Gasteiger partial charge < -0.3 is 9.30 Å². The minimum absolute atomic E-state index is 0.599. The van der Waals surface area contributed by atoms with Crippen LogP contribution in [0, 0.1) is 5.92 Å². The molecule has 0 spiro atoms. The largest absolute Gasteiger partial charge is 0.497 e. The van der Waals surface area contributed by atoms with Crippen LogP contribution in [0.4, 0.5) is 0 Å². The van der Waals surface area contributed by atoms with Gasteiger partial charge in [-0.25, -0.2) is 4.98 Å². The number of likely N-dealkylation sites (tertiary alicyclic amines) is 1. The quantitative estimate of drug-likeness (QED) is 0.787. The van der Waals surface area contributed by atoms with Gasteiger partial charge in [-0.05, 0) is 56.0 Å². The van der Waals surface area contributed by atoms with Crippen molar-refractivity contribution in [3.8, 4) is 5.75 Å². The molecule has 0 aliphatic carbocycles. The fourth-order valence-electron chi connectivity index (χ4n) is 5.83. The summed E-state index contributed by atoms with van der Waals surface area (Å²) < 4.78 is 7.71. The van der Waals surface area contributed by atoms with Crippen LogP contribution in [-0.2, 0) is 6.54 Å². The number of piperidine rings is 3. The van der Waals surface area contributed by atoms with E-state index in [9.17, 15) is 0 Å². The van der Waals surface area contributed by atoms with Crippen LogP contribution in [-0.4, -0.2) is 64.7 Å².